The summed E-state index contributed by atoms with van der Waals surface area (Å²) in [6, 6.07) is 0. The van der Waals surface area contributed by atoms with Crippen LogP contribution in [0.4, 0.5) is 4.39 Å². The zero-order valence-corrected chi connectivity index (χ0v) is 9.78. The van der Waals surface area contributed by atoms with E-state index in [0.29, 0.717) is 5.69 Å². The summed E-state index contributed by atoms with van der Waals surface area (Å²) in [7, 11) is 1.21. The van der Waals surface area contributed by atoms with Crippen LogP contribution in [-0.4, -0.2) is 23.0 Å². The molecule has 0 unspecified atom stereocenters. The second kappa shape index (κ2) is 5.21. The third-order valence-corrected chi connectivity index (χ3v) is 3.19. The molecule has 1 fully saturated rings. The van der Waals surface area contributed by atoms with Crippen LogP contribution in [-0.2, 0) is 4.74 Å². The lowest BCUT2D eigenvalue weighted by molar-refractivity contribution is 0.0587. The first-order valence-corrected chi connectivity index (χ1v) is 5.82. The Kier molecular flexibility index (Phi) is 3.66. The molecule has 0 saturated heterocycles. The van der Waals surface area contributed by atoms with E-state index in [4.69, 9.17) is 0 Å². The molecular weight excluding hydrogens is 223 g/mol. The Balaban J connectivity index is 2.31. The van der Waals surface area contributed by atoms with Crippen molar-refractivity contribution in [3.63, 3.8) is 0 Å². The van der Waals surface area contributed by atoms with E-state index in [9.17, 15) is 9.18 Å². The predicted molar refractivity (Wildman–Crippen MR) is 59.2 cm³/mol. The van der Waals surface area contributed by atoms with Gasteiger partial charge in [-0.05, 0) is 12.8 Å². The van der Waals surface area contributed by atoms with E-state index < -0.39 is 11.8 Å². The molecule has 0 atom stereocenters. The van der Waals surface area contributed by atoms with Gasteiger partial charge in [0.2, 0.25) is 0 Å². The molecule has 0 N–H and O–H groups in total. The summed E-state index contributed by atoms with van der Waals surface area (Å²) in [5.41, 5.74) is 0.100. The fourth-order valence-electron chi connectivity index (χ4n) is 2.28. The average molecular weight is 238 g/mol. The molecular formula is C12H15FN2O2. The molecule has 0 aromatic carbocycles. The first-order valence-electron chi connectivity index (χ1n) is 5.82. The zero-order valence-electron chi connectivity index (χ0n) is 9.78. The van der Waals surface area contributed by atoms with Crippen LogP contribution in [0.15, 0.2) is 6.33 Å². The molecule has 1 saturated carbocycles. The number of methoxy groups -OCH3 is 1. The van der Waals surface area contributed by atoms with Crippen LogP contribution in [0, 0.1) is 5.82 Å². The first-order chi connectivity index (χ1) is 8.24. The Labute approximate surface area is 99.2 Å². The van der Waals surface area contributed by atoms with Gasteiger partial charge >= 0.3 is 5.97 Å². The number of ether oxygens (including phenoxy) is 1. The Morgan fingerprint density at radius 3 is 2.71 bits per heavy atom. The van der Waals surface area contributed by atoms with Crippen LogP contribution in [0.5, 0.6) is 0 Å². The van der Waals surface area contributed by atoms with E-state index in [2.05, 4.69) is 14.7 Å². The Morgan fingerprint density at radius 2 is 2.06 bits per heavy atom. The van der Waals surface area contributed by atoms with E-state index in [0.717, 1.165) is 25.7 Å². The highest BCUT2D eigenvalue weighted by Gasteiger charge is 2.25. The van der Waals surface area contributed by atoms with Crippen molar-refractivity contribution < 1.29 is 13.9 Å². The van der Waals surface area contributed by atoms with E-state index in [1.807, 2.05) is 0 Å². The summed E-state index contributed by atoms with van der Waals surface area (Å²) in [4.78, 5) is 18.9. The maximum atomic E-state index is 14.1. The molecule has 0 radical (unpaired) electrons. The highest BCUT2D eigenvalue weighted by molar-refractivity contribution is 5.87. The van der Waals surface area contributed by atoms with Crippen molar-refractivity contribution in [2.75, 3.05) is 7.11 Å². The Morgan fingerprint density at radius 1 is 1.35 bits per heavy atom. The lowest BCUT2D eigenvalue weighted by Crippen LogP contribution is -2.15. The van der Waals surface area contributed by atoms with Crippen LogP contribution in [0.25, 0.3) is 0 Å². The molecule has 0 spiro atoms. The van der Waals surface area contributed by atoms with Crippen molar-refractivity contribution in [2.45, 2.75) is 38.0 Å². The minimum absolute atomic E-state index is 0.107. The second-order valence-electron chi connectivity index (χ2n) is 4.25. The van der Waals surface area contributed by atoms with Crippen molar-refractivity contribution >= 4 is 5.97 Å². The highest BCUT2D eigenvalue weighted by atomic mass is 19.1. The minimum atomic E-state index is -0.748. The van der Waals surface area contributed by atoms with Gasteiger partial charge in [0.15, 0.2) is 11.5 Å². The van der Waals surface area contributed by atoms with Gasteiger partial charge in [0.1, 0.15) is 6.33 Å². The van der Waals surface area contributed by atoms with Crippen LogP contribution >= 0.6 is 0 Å². The van der Waals surface area contributed by atoms with Gasteiger partial charge in [0.25, 0.3) is 0 Å². The standard InChI is InChI=1S/C12H15FN2O2/c1-17-12(16)11-9(13)10(14-7-15-11)8-5-3-2-4-6-8/h7-8H,2-6H2,1H3. The molecule has 1 heterocycles. The number of nitrogens with zero attached hydrogens (tertiary/aromatic N) is 2. The molecule has 1 aliphatic carbocycles. The van der Waals surface area contributed by atoms with Crippen molar-refractivity contribution in [1.82, 2.24) is 9.97 Å². The average Bonchev–Trinajstić information content (AvgIpc) is 2.39. The number of hydrogen-bond donors (Lipinski definition) is 0. The van der Waals surface area contributed by atoms with Gasteiger partial charge in [-0.3, -0.25) is 0 Å². The molecule has 0 aliphatic heterocycles. The predicted octanol–water partition coefficient (Wildman–Crippen LogP) is 2.45. The van der Waals surface area contributed by atoms with E-state index in [1.165, 1.54) is 19.9 Å². The molecule has 1 aliphatic rings. The van der Waals surface area contributed by atoms with Gasteiger partial charge < -0.3 is 4.74 Å². The number of esters is 1. The molecule has 1 aromatic rings. The van der Waals surface area contributed by atoms with Crippen LogP contribution in [0.3, 0.4) is 0 Å². The summed E-state index contributed by atoms with van der Waals surface area (Å²) >= 11 is 0. The number of hydrogen-bond acceptors (Lipinski definition) is 4. The summed E-state index contributed by atoms with van der Waals surface area (Å²) in [6.45, 7) is 0. The summed E-state index contributed by atoms with van der Waals surface area (Å²) in [5, 5.41) is 0. The number of aromatic nitrogens is 2. The van der Waals surface area contributed by atoms with Gasteiger partial charge in [-0.1, -0.05) is 19.3 Å². The van der Waals surface area contributed by atoms with E-state index in [1.54, 1.807) is 0 Å². The lowest BCUT2D eigenvalue weighted by atomic mass is 9.86. The SMILES string of the molecule is COC(=O)c1ncnc(C2CCCCC2)c1F. The van der Waals surface area contributed by atoms with Crippen molar-refractivity contribution in [1.29, 1.82) is 0 Å². The number of carbonyl (C=O) groups is 1. The third kappa shape index (κ3) is 2.43. The van der Waals surface area contributed by atoms with E-state index >= 15 is 0 Å². The summed E-state index contributed by atoms with van der Waals surface area (Å²) < 4.78 is 18.6. The quantitative estimate of drug-likeness (QED) is 0.742. The number of rotatable bonds is 2. The van der Waals surface area contributed by atoms with Crippen molar-refractivity contribution in [3.8, 4) is 0 Å². The van der Waals surface area contributed by atoms with Crippen LogP contribution < -0.4 is 0 Å². The normalized spacial score (nSPS) is 16.8. The maximum Gasteiger partial charge on any atom is 0.359 e. The fourth-order valence-corrected chi connectivity index (χ4v) is 2.28. The molecule has 2 rings (SSSR count). The van der Waals surface area contributed by atoms with Gasteiger partial charge in [-0.15, -0.1) is 0 Å². The van der Waals surface area contributed by atoms with Crippen LogP contribution in [0.2, 0.25) is 0 Å². The number of carbonyl (C=O) groups excluding carboxylic acids is 1. The maximum absolute atomic E-state index is 14.1. The molecule has 4 nitrogen and oxygen atoms in total. The zero-order chi connectivity index (χ0) is 12.3. The van der Waals surface area contributed by atoms with Gasteiger partial charge in [0, 0.05) is 5.92 Å². The Hall–Kier alpha value is -1.52. The highest BCUT2D eigenvalue weighted by Crippen LogP contribution is 2.33. The minimum Gasteiger partial charge on any atom is -0.464 e. The monoisotopic (exact) mass is 238 g/mol. The molecule has 5 heteroatoms. The van der Waals surface area contributed by atoms with Gasteiger partial charge in [-0.25, -0.2) is 19.2 Å². The molecule has 17 heavy (non-hydrogen) atoms. The third-order valence-electron chi connectivity index (χ3n) is 3.19. The molecule has 0 bridgehead atoms. The Bertz CT molecular complexity index is 417. The lowest BCUT2D eigenvalue weighted by Gasteiger charge is -2.21. The second-order valence-corrected chi connectivity index (χ2v) is 4.25. The van der Waals surface area contributed by atoms with Crippen molar-refractivity contribution in [3.05, 3.63) is 23.5 Å². The van der Waals surface area contributed by atoms with Gasteiger partial charge in [0.05, 0.1) is 12.8 Å². The first kappa shape index (κ1) is 12.0. The van der Waals surface area contributed by atoms with E-state index in [-0.39, 0.29) is 11.6 Å². The van der Waals surface area contributed by atoms with Crippen molar-refractivity contribution in [2.24, 2.45) is 0 Å². The summed E-state index contributed by atoms with van der Waals surface area (Å²) in [6.07, 6.45) is 6.44. The number of halogens is 1. The smallest absolute Gasteiger partial charge is 0.359 e. The molecule has 0 amide bonds. The fraction of sp³-hybridized carbons (Fsp3) is 0.583. The van der Waals surface area contributed by atoms with Crippen LogP contribution in [0.1, 0.15) is 54.2 Å². The summed E-state index contributed by atoms with van der Waals surface area (Å²) in [5.74, 6) is -1.26. The topological polar surface area (TPSA) is 52.1 Å². The van der Waals surface area contributed by atoms with Gasteiger partial charge in [-0.2, -0.15) is 0 Å². The molecule has 92 valence electrons. The largest absolute Gasteiger partial charge is 0.464 e. The molecule has 1 aromatic heterocycles.